The fourth-order valence-corrected chi connectivity index (χ4v) is 2.92. The second-order valence-corrected chi connectivity index (χ2v) is 6.91. The Balaban J connectivity index is 0.00000338. The molecule has 144 valence electrons. The van der Waals surface area contributed by atoms with Crippen molar-refractivity contribution in [2.45, 2.75) is 32.7 Å². The van der Waals surface area contributed by atoms with E-state index < -0.39 is 0 Å². The van der Waals surface area contributed by atoms with Gasteiger partial charge in [0.15, 0.2) is 5.96 Å². The maximum atomic E-state index is 13.3. The second kappa shape index (κ2) is 10.1. The van der Waals surface area contributed by atoms with E-state index in [2.05, 4.69) is 34.6 Å². The summed E-state index contributed by atoms with van der Waals surface area (Å²) in [7, 11) is 1.89. The number of nitrogens with one attached hydrogen (secondary N) is 2. The molecule has 0 spiro atoms. The lowest BCUT2D eigenvalue weighted by Crippen LogP contribution is -2.43. The lowest BCUT2D eigenvalue weighted by molar-refractivity contribution is 0.507. The van der Waals surface area contributed by atoms with Gasteiger partial charge < -0.3 is 10.6 Å². The number of nitrogens with zero attached hydrogens (tertiary/aromatic N) is 3. The Hall–Kier alpha value is -1.35. The predicted octanol–water partition coefficient (Wildman–Crippen LogP) is 3.86. The molecule has 0 radical (unpaired) electrons. The predicted molar refractivity (Wildman–Crippen MR) is 116 cm³/mol. The maximum absolute atomic E-state index is 13.3. The highest BCUT2D eigenvalue weighted by Crippen LogP contribution is 2.29. The summed E-state index contributed by atoms with van der Waals surface area (Å²) < 4.78 is 15.1. The van der Waals surface area contributed by atoms with Crippen molar-refractivity contribution in [2.24, 2.45) is 12.0 Å². The van der Waals surface area contributed by atoms with Crippen LogP contribution >= 0.6 is 35.6 Å². The van der Waals surface area contributed by atoms with Crippen molar-refractivity contribution in [1.82, 2.24) is 20.4 Å². The van der Waals surface area contributed by atoms with E-state index in [9.17, 15) is 4.39 Å². The van der Waals surface area contributed by atoms with Crippen LogP contribution in [0.25, 0.3) is 0 Å². The van der Waals surface area contributed by atoms with Gasteiger partial charge in [0.1, 0.15) is 5.82 Å². The summed E-state index contributed by atoms with van der Waals surface area (Å²) in [5.41, 5.74) is 1.64. The van der Waals surface area contributed by atoms with Gasteiger partial charge in [-0.05, 0) is 30.7 Å². The van der Waals surface area contributed by atoms with Gasteiger partial charge in [-0.15, -0.1) is 24.0 Å². The van der Waals surface area contributed by atoms with Crippen molar-refractivity contribution >= 4 is 41.5 Å². The molecule has 2 N–H and O–H groups in total. The molecule has 0 aliphatic rings. The van der Waals surface area contributed by atoms with E-state index in [4.69, 9.17) is 11.6 Å². The van der Waals surface area contributed by atoms with Crippen LogP contribution in [0.1, 0.15) is 32.0 Å². The Morgan fingerprint density at radius 3 is 2.62 bits per heavy atom. The van der Waals surface area contributed by atoms with E-state index in [1.165, 1.54) is 12.1 Å². The van der Waals surface area contributed by atoms with Crippen LogP contribution in [-0.4, -0.2) is 28.8 Å². The van der Waals surface area contributed by atoms with Gasteiger partial charge in [0, 0.05) is 36.8 Å². The van der Waals surface area contributed by atoms with Crippen LogP contribution in [0.15, 0.2) is 35.5 Å². The quantitative estimate of drug-likeness (QED) is 0.365. The van der Waals surface area contributed by atoms with E-state index in [1.807, 2.05) is 20.0 Å². The first-order valence-corrected chi connectivity index (χ1v) is 8.66. The Kier molecular flexibility index (Phi) is 8.82. The highest BCUT2D eigenvalue weighted by molar-refractivity contribution is 14.0. The molecule has 0 unspecified atom stereocenters. The summed E-state index contributed by atoms with van der Waals surface area (Å²) in [4.78, 5) is 4.59. The minimum Gasteiger partial charge on any atom is -0.357 e. The third-order valence-electron chi connectivity index (χ3n) is 4.02. The van der Waals surface area contributed by atoms with Gasteiger partial charge in [0.25, 0.3) is 0 Å². The topological polar surface area (TPSA) is 54.2 Å². The number of rotatable bonds is 6. The number of halogens is 3. The molecule has 0 bridgehead atoms. The third-order valence-corrected chi connectivity index (χ3v) is 4.34. The number of guanidine groups is 1. The number of aryl methyl sites for hydroxylation is 1. The average molecular weight is 494 g/mol. The lowest BCUT2D eigenvalue weighted by Gasteiger charge is -2.27. The molecular weight excluding hydrogens is 468 g/mol. The highest BCUT2D eigenvalue weighted by Gasteiger charge is 2.24. The molecule has 2 rings (SSSR count). The van der Waals surface area contributed by atoms with Crippen LogP contribution in [0.4, 0.5) is 4.39 Å². The Labute approximate surface area is 176 Å². The van der Waals surface area contributed by atoms with E-state index in [0.717, 1.165) is 23.8 Å². The molecule has 0 aliphatic heterocycles. The molecule has 0 saturated heterocycles. The molecule has 1 heterocycles. The first-order valence-electron chi connectivity index (χ1n) is 8.28. The van der Waals surface area contributed by atoms with Gasteiger partial charge in [-0.25, -0.2) is 9.38 Å². The Bertz CT molecular complexity index is 745. The zero-order chi connectivity index (χ0) is 18.4. The first kappa shape index (κ1) is 22.7. The molecule has 5 nitrogen and oxygen atoms in total. The Morgan fingerprint density at radius 1 is 1.31 bits per heavy atom. The van der Waals surface area contributed by atoms with Crippen molar-refractivity contribution in [3.05, 3.63) is 52.6 Å². The van der Waals surface area contributed by atoms with Crippen molar-refractivity contribution in [3.63, 3.8) is 0 Å². The molecule has 0 saturated carbocycles. The summed E-state index contributed by atoms with van der Waals surface area (Å²) in [5, 5.41) is 11.1. The van der Waals surface area contributed by atoms with E-state index in [1.54, 1.807) is 16.9 Å². The normalized spacial score (nSPS) is 11.8. The highest BCUT2D eigenvalue weighted by atomic mass is 127. The monoisotopic (exact) mass is 493 g/mol. The van der Waals surface area contributed by atoms with Gasteiger partial charge in [0.2, 0.25) is 0 Å². The molecular formula is C18H26ClFIN5. The zero-order valence-electron chi connectivity index (χ0n) is 15.5. The van der Waals surface area contributed by atoms with Crippen LogP contribution in [0.3, 0.4) is 0 Å². The van der Waals surface area contributed by atoms with Gasteiger partial charge in [-0.3, -0.25) is 4.68 Å². The molecule has 0 aliphatic carbocycles. The summed E-state index contributed by atoms with van der Waals surface area (Å²) >= 11 is 6.21. The smallest absolute Gasteiger partial charge is 0.191 e. The van der Waals surface area contributed by atoms with Gasteiger partial charge >= 0.3 is 0 Å². The molecule has 0 atom stereocenters. The summed E-state index contributed by atoms with van der Waals surface area (Å²) in [6.45, 7) is 8.03. The molecule has 8 heteroatoms. The van der Waals surface area contributed by atoms with E-state index in [-0.39, 0.29) is 35.2 Å². The fraction of sp³-hybridized carbons (Fsp3) is 0.444. The van der Waals surface area contributed by atoms with E-state index >= 15 is 0 Å². The molecule has 0 amide bonds. The molecule has 1 aromatic heterocycles. The fourth-order valence-electron chi connectivity index (χ4n) is 2.50. The van der Waals surface area contributed by atoms with Crippen LogP contribution in [-0.2, 0) is 19.0 Å². The molecule has 26 heavy (non-hydrogen) atoms. The number of aromatic nitrogens is 2. The minimum absolute atomic E-state index is 0. The van der Waals surface area contributed by atoms with Crippen LogP contribution in [0.5, 0.6) is 0 Å². The largest absolute Gasteiger partial charge is 0.357 e. The standard InChI is InChI=1S/C18H25ClFN5.HI/c1-5-21-17(22-11-14-8-9-24-25(14)4)23-12-18(2,3)15-7-6-13(20)10-16(15)19;/h6-10H,5,11-12H2,1-4H3,(H2,21,22,23);1H. The van der Waals surface area contributed by atoms with E-state index in [0.29, 0.717) is 18.1 Å². The second-order valence-electron chi connectivity index (χ2n) is 6.50. The lowest BCUT2D eigenvalue weighted by atomic mass is 9.84. The van der Waals surface area contributed by atoms with Crippen molar-refractivity contribution in [2.75, 3.05) is 13.1 Å². The average Bonchev–Trinajstić information content (AvgIpc) is 2.95. The van der Waals surface area contributed by atoms with Crippen molar-refractivity contribution in [3.8, 4) is 0 Å². The Morgan fingerprint density at radius 2 is 2.04 bits per heavy atom. The van der Waals surface area contributed by atoms with Gasteiger partial charge in [-0.2, -0.15) is 5.10 Å². The summed E-state index contributed by atoms with van der Waals surface area (Å²) in [6, 6.07) is 6.46. The van der Waals surface area contributed by atoms with Crippen LogP contribution < -0.4 is 10.6 Å². The van der Waals surface area contributed by atoms with Gasteiger partial charge in [-0.1, -0.05) is 31.5 Å². The first-order chi connectivity index (χ1) is 11.8. The van der Waals surface area contributed by atoms with Gasteiger partial charge in [0.05, 0.1) is 12.2 Å². The molecule has 1 aromatic carbocycles. The van der Waals surface area contributed by atoms with Crippen molar-refractivity contribution in [1.29, 1.82) is 0 Å². The summed E-state index contributed by atoms with van der Waals surface area (Å²) in [6.07, 6.45) is 1.75. The number of hydrogen-bond acceptors (Lipinski definition) is 2. The number of aliphatic imine (C=N–C) groups is 1. The van der Waals surface area contributed by atoms with Crippen LogP contribution in [0.2, 0.25) is 5.02 Å². The minimum atomic E-state index is -0.330. The summed E-state index contributed by atoms with van der Waals surface area (Å²) in [5.74, 6) is 0.388. The maximum Gasteiger partial charge on any atom is 0.191 e. The SMILES string of the molecule is CCNC(=NCc1ccnn1C)NCC(C)(C)c1ccc(F)cc1Cl.I. The van der Waals surface area contributed by atoms with Crippen LogP contribution in [0, 0.1) is 5.82 Å². The van der Waals surface area contributed by atoms with Crippen molar-refractivity contribution < 1.29 is 4.39 Å². The molecule has 2 aromatic rings. The zero-order valence-corrected chi connectivity index (χ0v) is 18.6. The molecule has 0 fully saturated rings. The third kappa shape index (κ3) is 6.12. The number of benzene rings is 1. The number of hydrogen-bond donors (Lipinski definition) is 2.